The Morgan fingerprint density at radius 1 is 0.731 bits per heavy atom. The van der Waals surface area contributed by atoms with E-state index in [0.717, 1.165) is 78.6 Å². The summed E-state index contributed by atoms with van der Waals surface area (Å²) in [4.78, 5) is 27.0. The number of para-hydroxylation sites is 3. The van der Waals surface area contributed by atoms with Crippen LogP contribution < -0.4 is 11.5 Å². The second kappa shape index (κ2) is 26.2. The van der Waals surface area contributed by atoms with Crippen LogP contribution in [-0.2, 0) is 17.6 Å². The van der Waals surface area contributed by atoms with Gasteiger partial charge in [-0.05, 0) is 93.7 Å². The summed E-state index contributed by atoms with van der Waals surface area (Å²) in [5, 5.41) is 1.11. The number of carbonyl (C=O) groups is 1. The number of pyridine rings is 1. The van der Waals surface area contributed by atoms with Crippen LogP contribution in [0.4, 0.5) is 17.1 Å². The molecule has 2 unspecified atom stereocenters. The van der Waals surface area contributed by atoms with Crippen molar-refractivity contribution in [3.05, 3.63) is 119 Å². The standard InChI is InChI=1S/2C13H14N2.C7H9NO.C6H7N.CH4.Al.3ClH.H2O.H2/c14-13-9-5-1-3-7-11(9)15-12-8-4-2-6-10(12)13;1-14-12-9-5-6-10-13(12)15-11-7-3-2-4-8-11;1-8-6-4-2-3-5-7(6)9;7-6-4-2-1-3-5-6;;;;;;;/h1,3,5,7H,2,4,6,8H2,(H2,14,15);2-4,7-8,12H,5-6,9-10H2;6H,2-5H2;1-5H,7H2;1H4;;3*1H;1H2;1H/q;;;;;+3;;;;;/p-3/i;;;;;;;;;;1+1. The van der Waals surface area contributed by atoms with Crippen molar-refractivity contribution in [2.24, 2.45) is 4.99 Å². The number of halogens is 3. The largest absolute Gasteiger partial charge is 0.643 e. The molecule has 0 aliphatic heterocycles. The first kappa shape index (κ1) is 46.4. The lowest BCUT2D eigenvalue weighted by Crippen LogP contribution is -2.21. The van der Waals surface area contributed by atoms with Crippen LogP contribution in [0.5, 0.6) is 0 Å². The van der Waals surface area contributed by atoms with Crippen LogP contribution in [-0.4, -0.2) is 45.4 Å². The van der Waals surface area contributed by atoms with Gasteiger partial charge in [0.25, 0.3) is 12.1 Å². The fourth-order valence-electron chi connectivity index (χ4n) is 5.88. The molecule has 3 aliphatic rings. The number of nitrogen functional groups attached to an aromatic ring is 2. The molecule has 2 saturated carbocycles. The molecule has 1 aromatic heterocycles. The molecule has 0 radical (unpaired) electrons. The SMILES string of the molecule is C.Nc1c2c(nc3ccccc13)CCCC2.Nc1ccccc1.O.[2HH].[C-]#[N+]C1CCCCC1=Nc1ccccc1.[C-]#[N+]C1CCCCC1=O.[Cl][Al]([Cl])[Cl]. The third-order valence-electron chi connectivity index (χ3n) is 8.42. The average molecular weight is 783 g/mol. The van der Waals surface area contributed by atoms with Gasteiger partial charge >= 0.3 is 11.4 Å². The van der Waals surface area contributed by atoms with Crippen LogP contribution in [0, 0.1) is 13.1 Å². The number of hydrogen-bond acceptors (Lipinski definition) is 5. The Hall–Kier alpha value is -3.65. The number of nitrogens with two attached hydrogens (primary N) is 2. The Morgan fingerprint density at radius 3 is 1.81 bits per heavy atom. The van der Waals surface area contributed by atoms with E-state index in [9.17, 15) is 4.79 Å². The summed E-state index contributed by atoms with van der Waals surface area (Å²) in [5.41, 5.74) is 18.9. The molecule has 3 aliphatic carbocycles. The van der Waals surface area contributed by atoms with E-state index in [1.807, 2.05) is 78.9 Å². The summed E-state index contributed by atoms with van der Waals surface area (Å²) < 4.78 is 0. The average Bonchev–Trinajstić information content (AvgIpc) is 3.14. The Balaban J connectivity index is 0.000000669. The number of aryl methyl sites for hydroxylation is 1. The number of nitrogens with zero attached hydrogens (tertiary/aromatic N) is 4. The van der Waals surface area contributed by atoms with E-state index in [4.69, 9.17) is 59.7 Å². The predicted molar refractivity (Wildman–Crippen MR) is 226 cm³/mol. The van der Waals surface area contributed by atoms with Gasteiger partial charge in [-0.25, -0.2) is 48.3 Å². The molecule has 0 amide bonds. The Morgan fingerprint density at radius 2 is 1.25 bits per heavy atom. The number of carbonyl (C=O) groups excluding carboxylic acids is 1. The molecule has 12 heteroatoms. The fourth-order valence-corrected chi connectivity index (χ4v) is 5.88. The van der Waals surface area contributed by atoms with E-state index in [1.54, 1.807) is 0 Å². The molecular formula is C40H52AlCl3N6O2. The van der Waals surface area contributed by atoms with E-state index in [-0.39, 0.29) is 32.2 Å². The number of hydrogen-bond donors (Lipinski definition) is 2. The molecule has 1 heterocycles. The molecule has 0 saturated heterocycles. The zero-order valence-corrected chi connectivity index (χ0v) is 32.2. The minimum absolute atomic E-state index is 0. The van der Waals surface area contributed by atoms with Crippen molar-refractivity contribution in [2.45, 2.75) is 96.6 Å². The first-order chi connectivity index (χ1) is 24.2. The van der Waals surface area contributed by atoms with Crippen LogP contribution in [0.1, 0.15) is 84.3 Å². The van der Waals surface area contributed by atoms with Gasteiger partial charge in [-0.3, -0.25) is 9.78 Å². The maximum absolute atomic E-state index is 10.8. The number of ketones is 1. The molecular weight excluding hydrogens is 730 g/mol. The molecule has 0 spiro atoms. The summed E-state index contributed by atoms with van der Waals surface area (Å²) >= 11 is -1.72. The molecule has 2 atom stereocenters. The quantitative estimate of drug-likeness (QED) is 0.113. The zero-order chi connectivity index (χ0) is 36.1. The Kier molecular flexibility index (Phi) is 23.3. The summed E-state index contributed by atoms with van der Waals surface area (Å²) in [7, 11) is 14.8. The number of fused-ring (bicyclic) bond motifs is 2. The lowest BCUT2D eigenvalue weighted by molar-refractivity contribution is -0.120. The zero-order valence-electron chi connectivity index (χ0n) is 28.8. The highest BCUT2D eigenvalue weighted by Gasteiger charge is 2.26. The van der Waals surface area contributed by atoms with E-state index < -0.39 is 11.4 Å². The predicted octanol–water partition coefficient (Wildman–Crippen LogP) is 10.7. The van der Waals surface area contributed by atoms with E-state index >= 15 is 0 Å². The monoisotopic (exact) mass is 781 g/mol. The molecule has 8 nitrogen and oxygen atoms in total. The van der Waals surface area contributed by atoms with Crippen LogP contribution in [0.3, 0.4) is 0 Å². The number of benzene rings is 3. The molecule has 6 N–H and O–H groups in total. The number of anilines is 2. The lowest BCUT2D eigenvalue weighted by Gasteiger charge is -2.18. The molecule has 2 fully saturated rings. The van der Waals surface area contributed by atoms with Crippen molar-refractivity contribution in [3.63, 3.8) is 0 Å². The summed E-state index contributed by atoms with van der Waals surface area (Å²) in [6.45, 7) is 13.8. The third-order valence-corrected chi connectivity index (χ3v) is 8.42. The second-order valence-electron chi connectivity index (χ2n) is 12.0. The molecule has 7 rings (SSSR count). The van der Waals surface area contributed by atoms with Crippen LogP contribution >= 0.6 is 30.1 Å². The van der Waals surface area contributed by atoms with E-state index in [2.05, 4.69) is 20.7 Å². The maximum Gasteiger partial charge on any atom is 0.643 e. The normalized spacial score (nSPS) is 17.6. The topological polar surface area (TPSA) is 135 Å². The summed E-state index contributed by atoms with van der Waals surface area (Å²) in [6, 6.07) is 27.3. The van der Waals surface area contributed by atoms with Gasteiger partial charge in [-0.1, -0.05) is 62.0 Å². The van der Waals surface area contributed by atoms with Gasteiger partial charge in [0.15, 0.2) is 0 Å². The van der Waals surface area contributed by atoms with E-state index in [0.29, 0.717) is 6.42 Å². The number of aromatic nitrogens is 1. The summed E-state index contributed by atoms with van der Waals surface area (Å²) in [5.74, 6) is 0.149. The van der Waals surface area contributed by atoms with Crippen LogP contribution in [0.15, 0.2) is 89.9 Å². The molecule has 52 heavy (non-hydrogen) atoms. The van der Waals surface area contributed by atoms with Gasteiger partial charge in [0, 0.05) is 43.1 Å². The van der Waals surface area contributed by atoms with Crippen LogP contribution in [0.25, 0.3) is 20.6 Å². The van der Waals surface area contributed by atoms with Crippen LogP contribution in [0.2, 0.25) is 0 Å². The molecule has 0 bridgehead atoms. The van der Waals surface area contributed by atoms with Crippen molar-refractivity contribution < 1.29 is 11.7 Å². The molecule has 278 valence electrons. The Labute approximate surface area is 328 Å². The second-order valence-corrected chi connectivity index (χ2v) is 18.5. The molecule has 3 aromatic carbocycles. The third kappa shape index (κ3) is 16.4. The molecule has 4 aromatic rings. The highest BCUT2D eigenvalue weighted by molar-refractivity contribution is 7.54. The minimum Gasteiger partial charge on any atom is -0.412 e. The number of rotatable bonds is 1. The van der Waals surface area contributed by atoms with Crippen molar-refractivity contribution in [2.75, 3.05) is 11.5 Å². The van der Waals surface area contributed by atoms with Gasteiger partial charge in [-0.15, -0.1) is 0 Å². The van der Waals surface area contributed by atoms with Gasteiger partial charge in [0.1, 0.15) is 5.71 Å². The van der Waals surface area contributed by atoms with Gasteiger partial charge in [-0.2, -0.15) is 0 Å². The van der Waals surface area contributed by atoms with Crippen molar-refractivity contribution in [1.29, 1.82) is 0 Å². The van der Waals surface area contributed by atoms with Crippen molar-refractivity contribution in [3.8, 4) is 0 Å². The smallest absolute Gasteiger partial charge is 0.412 e. The summed E-state index contributed by atoms with van der Waals surface area (Å²) in [6.07, 6.45) is 12.5. The Bertz CT molecular complexity index is 1750. The highest BCUT2D eigenvalue weighted by atomic mass is 35.8. The number of Topliss-reactive ketones (excluding diaryl/α,β-unsaturated/α-hetero) is 1. The van der Waals surface area contributed by atoms with E-state index in [1.165, 1.54) is 36.9 Å². The van der Waals surface area contributed by atoms with Gasteiger partial charge in [0.05, 0.1) is 11.2 Å². The maximum atomic E-state index is 10.8. The van der Waals surface area contributed by atoms with Crippen molar-refractivity contribution in [1.82, 2.24) is 4.98 Å². The highest BCUT2D eigenvalue weighted by Crippen LogP contribution is 2.30. The van der Waals surface area contributed by atoms with Gasteiger partial charge in [0.2, 0.25) is 5.78 Å². The first-order valence-corrected chi connectivity index (χ1v) is 22.2. The van der Waals surface area contributed by atoms with Crippen molar-refractivity contribution >= 4 is 81.0 Å². The van der Waals surface area contributed by atoms with Gasteiger partial charge < -0.3 is 26.6 Å². The lowest BCUT2D eigenvalue weighted by atomic mass is 9.93. The first-order valence-electron chi connectivity index (χ1n) is 17.0. The fraction of sp³-hybridized carbons (Fsp3) is 0.375. The minimum atomic E-state index is -1.72. The number of aliphatic imine (C=N–C) groups is 1.